The van der Waals surface area contributed by atoms with Gasteiger partial charge in [-0.2, -0.15) is 0 Å². The number of aromatic hydroxyl groups is 3. The maximum atomic E-state index is 13.7. The molecule has 0 aliphatic carbocycles. The number of phenols is 3. The monoisotopic (exact) mass is 624 g/mol. The van der Waals surface area contributed by atoms with Crippen molar-refractivity contribution >= 4 is 11.0 Å². The first-order valence-electron chi connectivity index (χ1n) is 13.4. The summed E-state index contributed by atoms with van der Waals surface area (Å²) < 4.78 is 33.2. The molecule has 240 valence electrons. The Balaban J connectivity index is 1.49. The molecule has 0 radical (unpaired) electrons. The van der Waals surface area contributed by atoms with Crippen LogP contribution in [0, 0.1) is 0 Å². The molecule has 10 atom stereocenters. The Hall–Kier alpha value is -3.71. The summed E-state index contributed by atoms with van der Waals surface area (Å²) in [5.41, 5.74) is -1.11. The fraction of sp³-hybridized carbons (Fsp3) is 0.464. The highest BCUT2D eigenvalue weighted by Gasteiger charge is 2.47. The van der Waals surface area contributed by atoms with E-state index in [0.717, 1.165) is 12.1 Å². The van der Waals surface area contributed by atoms with Crippen LogP contribution in [0.15, 0.2) is 39.5 Å². The van der Waals surface area contributed by atoms with Crippen LogP contribution in [0.4, 0.5) is 0 Å². The van der Waals surface area contributed by atoms with Gasteiger partial charge in [-0.3, -0.25) is 4.79 Å². The first-order valence-corrected chi connectivity index (χ1v) is 13.4. The summed E-state index contributed by atoms with van der Waals surface area (Å²) >= 11 is 0. The molecule has 2 saturated heterocycles. The summed E-state index contributed by atoms with van der Waals surface area (Å²) in [5.74, 6) is -2.28. The van der Waals surface area contributed by atoms with Gasteiger partial charge in [-0.1, -0.05) is 0 Å². The third-order valence-corrected chi connectivity index (χ3v) is 7.50. The Bertz CT molecular complexity index is 1560. The van der Waals surface area contributed by atoms with Gasteiger partial charge in [-0.15, -0.1) is 0 Å². The molecule has 9 N–H and O–H groups in total. The third kappa shape index (κ3) is 5.74. The lowest BCUT2D eigenvalue weighted by molar-refractivity contribution is -0.318. The van der Waals surface area contributed by atoms with Gasteiger partial charge in [0.2, 0.25) is 17.5 Å². The zero-order chi connectivity index (χ0) is 32.0. The van der Waals surface area contributed by atoms with Crippen LogP contribution < -0.4 is 14.9 Å². The fourth-order valence-electron chi connectivity index (χ4n) is 4.99. The molecule has 3 aromatic rings. The second kappa shape index (κ2) is 12.4. The van der Waals surface area contributed by atoms with E-state index < -0.39 is 96.1 Å². The first kappa shape index (κ1) is 31.7. The summed E-state index contributed by atoms with van der Waals surface area (Å²) in [6.45, 7) is 0.845. The molecular formula is C28H32O16. The van der Waals surface area contributed by atoms with Crippen LogP contribution in [0.3, 0.4) is 0 Å². The number of rotatable bonds is 7. The van der Waals surface area contributed by atoms with Crippen LogP contribution >= 0.6 is 0 Å². The van der Waals surface area contributed by atoms with Gasteiger partial charge in [0.1, 0.15) is 65.2 Å². The first-order chi connectivity index (χ1) is 20.8. The van der Waals surface area contributed by atoms with E-state index in [-0.39, 0.29) is 28.4 Å². The van der Waals surface area contributed by atoms with Gasteiger partial charge in [0.25, 0.3) is 0 Å². The summed E-state index contributed by atoms with van der Waals surface area (Å²) in [4.78, 5) is 13.7. The second-order valence-electron chi connectivity index (χ2n) is 10.5. The Kier molecular flexibility index (Phi) is 8.90. The zero-order valence-corrected chi connectivity index (χ0v) is 23.3. The third-order valence-electron chi connectivity index (χ3n) is 7.50. The van der Waals surface area contributed by atoms with E-state index in [4.69, 9.17) is 28.1 Å². The van der Waals surface area contributed by atoms with Crippen LogP contribution in [-0.2, 0) is 14.2 Å². The normalized spacial score (nSPS) is 32.5. The van der Waals surface area contributed by atoms with E-state index in [1.165, 1.54) is 32.2 Å². The molecule has 1 aromatic heterocycles. The minimum absolute atomic E-state index is 0.0151. The molecule has 2 aliphatic rings. The Labute approximate surface area is 248 Å². The molecular weight excluding hydrogens is 592 g/mol. The smallest absolute Gasteiger partial charge is 0.239 e. The molecule has 0 saturated carbocycles. The fourth-order valence-corrected chi connectivity index (χ4v) is 4.99. The maximum absolute atomic E-state index is 13.7. The van der Waals surface area contributed by atoms with Crippen molar-refractivity contribution in [1.29, 1.82) is 0 Å². The van der Waals surface area contributed by atoms with E-state index in [1.807, 2.05) is 0 Å². The molecule has 0 spiro atoms. The molecule has 0 amide bonds. The van der Waals surface area contributed by atoms with Crippen molar-refractivity contribution in [3.63, 3.8) is 0 Å². The van der Waals surface area contributed by atoms with Crippen molar-refractivity contribution in [1.82, 2.24) is 0 Å². The Morgan fingerprint density at radius 3 is 2.18 bits per heavy atom. The number of benzene rings is 2. The second-order valence-corrected chi connectivity index (χ2v) is 10.5. The van der Waals surface area contributed by atoms with E-state index in [9.17, 15) is 50.8 Å². The minimum atomic E-state index is -1.94. The number of aliphatic hydroxyl groups is 6. The number of hydrogen-bond donors (Lipinski definition) is 9. The van der Waals surface area contributed by atoms with Gasteiger partial charge >= 0.3 is 0 Å². The van der Waals surface area contributed by atoms with Crippen molar-refractivity contribution in [2.24, 2.45) is 0 Å². The van der Waals surface area contributed by atoms with Crippen LogP contribution in [0.5, 0.6) is 28.7 Å². The van der Waals surface area contributed by atoms with Gasteiger partial charge in [0.05, 0.1) is 19.8 Å². The van der Waals surface area contributed by atoms with E-state index in [0.29, 0.717) is 0 Å². The molecule has 16 heteroatoms. The van der Waals surface area contributed by atoms with Gasteiger partial charge in [0, 0.05) is 17.7 Å². The quantitative estimate of drug-likeness (QED) is 0.147. The van der Waals surface area contributed by atoms with Crippen LogP contribution in [-0.4, -0.2) is 121 Å². The average molecular weight is 625 g/mol. The van der Waals surface area contributed by atoms with E-state index in [1.54, 1.807) is 0 Å². The lowest BCUT2D eigenvalue weighted by atomic mass is 9.98. The Morgan fingerprint density at radius 1 is 0.795 bits per heavy atom. The number of fused-ring (bicyclic) bond motifs is 1. The molecule has 2 aliphatic heterocycles. The highest BCUT2D eigenvalue weighted by Crippen LogP contribution is 2.39. The lowest BCUT2D eigenvalue weighted by Gasteiger charge is -2.42. The molecule has 2 aromatic carbocycles. The topological polar surface area (TPSA) is 258 Å². The van der Waals surface area contributed by atoms with Crippen LogP contribution in [0.25, 0.3) is 22.3 Å². The van der Waals surface area contributed by atoms with Gasteiger partial charge < -0.3 is 74.1 Å². The van der Waals surface area contributed by atoms with Gasteiger partial charge in [-0.05, 0) is 25.1 Å². The maximum Gasteiger partial charge on any atom is 0.239 e. The predicted molar refractivity (Wildman–Crippen MR) is 145 cm³/mol. The summed E-state index contributed by atoms with van der Waals surface area (Å²) in [7, 11) is 1.28. The van der Waals surface area contributed by atoms with Crippen LogP contribution in [0.2, 0.25) is 0 Å². The van der Waals surface area contributed by atoms with E-state index in [2.05, 4.69) is 0 Å². The average Bonchev–Trinajstić information content (AvgIpc) is 2.98. The SMILES string of the molecule is COc1cc(-c2oc3cc(O)cc(O)c3c(=O)c2OC2O[C@H](CO[C@@H]3O[C@@H](C)[C@H](O)[C@@H](O)[C@H]3O)[C@@H](O)[C@H](O)[C@H]2O)ccc1O. The highest BCUT2D eigenvalue weighted by atomic mass is 16.7. The lowest BCUT2D eigenvalue weighted by Crippen LogP contribution is -2.61. The van der Waals surface area contributed by atoms with Crippen molar-refractivity contribution in [2.45, 2.75) is 68.3 Å². The standard InChI is InChI=1S/C28H32O16/c1-9-18(32)21(35)23(37)27(41-9)40-8-16-19(33)22(36)24(38)28(43-16)44-26-20(34)17-13(31)6-11(29)7-15(17)42-25(26)10-3-4-12(30)14(5-10)39-2/h3-7,9,16,18-19,21-24,27-33,35-38H,8H2,1-2H3/t9-,16+,18-,19+,21+,22-,23+,24+,27+,28?/m0/s1. The number of methoxy groups -OCH3 is 1. The predicted octanol–water partition coefficient (Wildman–Crippen LogP) is -1.38. The van der Waals surface area contributed by atoms with Gasteiger partial charge in [0.15, 0.2) is 23.5 Å². The number of hydrogen-bond acceptors (Lipinski definition) is 16. The number of ether oxygens (including phenoxy) is 5. The molecule has 3 heterocycles. The largest absolute Gasteiger partial charge is 0.508 e. The van der Waals surface area contributed by atoms with Gasteiger partial charge in [-0.25, -0.2) is 0 Å². The molecule has 44 heavy (non-hydrogen) atoms. The molecule has 16 nitrogen and oxygen atoms in total. The molecule has 2 fully saturated rings. The number of aliphatic hydroxyl groups excluding tert-OH is 6. The summed E-state index contributed by atoms with van der Waals surface area (Å²) in [6, 6.07) is 5.83. The summed E-state index contributed by atoms with van der Waals surface area (Å²) in [6.07, 6.45) is -16.0. The van der Waals surface area contributed by atoms with Crippen molar-refractivity contribution in [3.05, 3.63) is 40.6 Å². The molecule has 0 bridgehead atoms. The molecule has 1 unspecified atom stereocenters. The van der Waals surface area contributed by atoms with Crippen molar-refractivity contribution in [2.75, 3.05) is 13.7 Å². The van der Waals surface area contributed by atoms with Crippen molar-refractivity contribution < 1.29 is 74.1 Å². The number of phenolic OH excluding ortho intramolecular Hbond substituents is 3. The summed E-state index contributed by atoms with van der Waals surface area (Å²) in [5, 5.41) is 92.1. The Morgan fingerprint density at radius 2 is 1.48 bits per heavy atom. The van der Waals surface area contributed by atoms with Crippen molar-refractivity contribution in [3.8, 4) is 40.1 Å². The van der Waals surface area contributed by atoms with E-state index >= 15 is 0 Å². The highest BCUT2D eigenvalue weighted by molar-refractivity contribution is 5.88. The van der Waals surface area contributed by atoms with Crippen LogP contribution in [0.1, 0.15) is 6.92 Å². The molecule has 5 rings (SSSR count). The minimum Gasteiger partial charge on any atom is -0.508 e. The zero-order valence-electron chi connectivity index (χ0n) is 23.3.